The van der Waals surface area contributed by atoms with Gasteiger partial charge < -0.3 is 4.74 Å². The van der Waals surface area contributed by atoms with Crippen molar-refractivity contribution in [2.24, 2.45) is 0 Å². The molecule has 1 saturated heterocycles. The van der Waals surface area contributed by atoms with Crippen molar-refractivity contribution in [1.29, 1.82) is 0 Å². The van der Waals surface area contributed by atoms with Crippen molar-refractivity contribution >= 4 is 17.2 Å². The first-order valence-corrected chi connectivity index (χ1v) is 6.04. The molecule has 0 aromatic carbocycles. The first-order valence-electron chi connectivity index (χ1n) is 5.66. The molecule has 3 heterocycles. The Morgan fingerprint density at radius 3 is 3.00 bits per heavy atom. The van der Waals surface area contributed by atoms with Gasteiger partial charge in [0.2, 0.25) is 0 Å². The highest BCUT2D eigenvalue weighted by atomic mass is 35.5. The number of halogens is 1. The number of aromatic nitrogens is 4. The summed E-state index contributed by atoms with van der Waals surface area (Å²) >= 11 is 5.90. The summed E-state index contributed by atoms with van der Waals surface area (Å²) in [6.07, 6.45) is 1.15. The molecule has 90 valence electrons. The molecule has 0 spiro atoms. The van der Waals surface area contributed by atoms with E-state index in [0.29, 0.717) is 5.15 Å². The number of hydrogen-bond acceptors (Lipinski definition) is 4. The van der Waals surface area contributed by atoms with E-state index in [2.05, 4.69) is 22.1 Å². The first-order chi connectivity index (χ1) is 8.16. The fourth-order valence-corrected chi connectivity index (χ4v) is 2.61. The molecule has 0 N–H and O–H groups in total. The Labute approximate surface area is 104 Å². The molecule has 2 aromatic rings. The second-order valence-corrected chi connectivity index (χ2v) is 4.74. The SMILES string of the molecule is Cc1nc(Cl)cc2nnc(C3CCOC3C)n12. The summed E-state index contributed by atoms with van der Waals surface area (Å²) in [4.78, 5) is 4.24. The van der Waals surface area contributed by atoms with Crippen LogP contribution in [0.2, 0.25) is 5.15 Å². The summed E-state index contributed by atoms with van der Waals surface area (Å²) in [6, 6.07) is 1.73. The lowest BCUT2D eigenvalue weighted by atomic mass is 10.0. The predicted octanol–water partition coefficient (Wildman–Crippen LogP) is 1.98. The highest BCUT2D eigenvalue weighted by Gasteiger charge is 2.30. The minimum absolute atomic E-state index is 0.178. The van der Waals surface area contributed by atoms with Crippen molar-refractivity contribution in [3.05, 3.63) is 22.9 Å². The summed E-state index contributed by atoms with van der Waals surface area (Å²) in [7, 11) is 0. The Morgan fingerprint density at radius 2 is 2.29 bits per heavy atom. The Kier molecular flexibility index (Phi) is 2.52. The fraction of sp³-hybridized carbons (Fsp3) is 0.545. The molecule has 3 rings (SSSR count). The van der Waals surface area contributed by atoms with Gasteiger partial charge in [-0.15, -0.1) is 10.2 Å². The molecule has 0 aliphatic carbocycles. The highest BCUT2D eigenvalue weighted by Crippen LogP contribution is 2.30. The van der Waals surface area contributed by atoms with Gasteiger partial charge in [-0.2, -0.15) is 0 Å². The largest absolute Gasteiger partial charge is 0.378 e. The van der Waals surface area contributed by atoms with Crippen LogP contribution in [0.1, 0.15) is 30.9 Å². The Morgan fingerprint density at radius 1 is 1.47 bits per heavy atom. The summed E-state index contributed by atoms with van der Waals surface area (Å²) in [6.45, 7) is 4.75. The quantitative estimate of drug-likeness (QED) is 0.729. The second-order valence-electron chi connectivity index (χ2n) is 4.35. The van der Waals surface area contributed by atoms with E-state index in [9.17, 15) is 0 Å². The summed E-state index contributed by atoms with van der Waals surface area (Å²) in [5.74, 6) is 2.02. The zero-order chi connectivity index (χ0) is 12.0. The van der Waals surface area contributed by atoms with Gasteiger partial charge in [0.05, 0.1) is 6.10 Å². The standard InChI is InChI=1S/C11H13ClN4O/c1-6-8(3-4-17-6)11-15-14-10-5-9(12)13-7(2)16(10)11/h5-6,8H,3-4H2,1-2H3. The maximum Gasteiger partial charge on any atom is 0.165 e. The topological polar surface area (TPSA) is 52.3 Å². The molecule has 2 aromatic heterocycles. The van der Waals surface area contributed by atoms with Crippen LogP contribution in [0.25, 0.3) is 5.65 Å². The van der Waals surface area contributed by atoms with Gasteiger partial charge >= 0.3 is 0 Å². The lowest BCUT2D eigenvalue weighted by Gasteiger charge is -2.12. The fourth-order valence-electron chi connectivity index (χ4n) is 2.39. The molecular formula is C11H13ClN4O. The molecule has 1 aliphatic heterocycles. The lowest BCUT2D eigenvalue weighted by Crippen LogP contribution is -2.14. The summed E-state index contributed by atoms with van der Waals surface area (Å²) < 4.78 is 7.53. The van der Waals surface area contributed by atoms with E-state index in [1.165, 1.54) is 0 Å². The molecule has 2 atom stereocenters. The highest BCUT2D eigenvalue weighted by molar-refractivity contribution is 6.29. The molecule has 0 bridgehead atoms. The van der Waals surface area contributed by atoms with Crippen molar-refractivity contribution in [2.75, 3.05) is 6.61 Å². The van der Waals surface area contributed by atoms with E-state index >= 15 is 0 Å². The van der Waals surface area contributed by atoms with E-state index in [1.807, 2.05) is 11.3 Å². The van der Waals surface area contributed by atoms with Crippen LogP contribution < -0.4 is 0 Å². The molecule has 17 heavy (non-hydrogen) atoms. The van der Waals surface area contributed by atoms with Crippen LogP contribution in [0.15, 0.2) is 6.07 Å². The van der Waals surface area contributed by atoms with Gasteiger partial charge in [0.25, 0.3) is 0 Å². The summed E-state index contributed by atoms with van der Waals surface area (Å²) in [5.41, 5.74) is 0.747. The van der Waals surface area contributed by atoms with Gasteiger partial charge in [0, 0.05) is 18.6 Å². The Hall–Kier alpha value is -1.20. The number of fused-ring (bicyclic) bond motifs is 1. The molecular weight excluding hydrogens is 240 g/mol. The van der Waals surface area contributed by atoms with Crippen molar-refractivity contribution in [3.8, 4) is 0 Å². The van der Waals surface area contributed by atoms with Crippen molar-refractivity contribution < 1.29 is 4.74 Å². The van der Waals surface area contributed by atoms with E-state index in [4.69, 9.17) is 16.3 Å². The number of rotatable bonds is 1. The van der Waals surface area contributed by atoms with Gasteiger partial charge in [0.1, 0.15) is 16.8 Å². The molecule has 0 radical (unpaired) electrons. The van der Waals surface area contributed by atoms with E-state index in [0.717, 1.165) is 30.3 Å². The van der Waals surface area contributed by atoms with Crippen LogP contribution in [0.4, 0.5) is 0 Å². The molecule has 1 fully saturated rings. The lowest BCUT2D eigenvalue weighted by molar-refractivity contribution is 0.117. The predicted molar refractivity (Wildman–Crippen MR) is 63.3 cm³/mol. The zero-order valence-electron chi connectivity index (χ0n) is 9.72. The van der Waals surface area contributed by atoms with Crippen LogP contribution in [-0.2, 0) is 4.74 Å². The molecule has 5 nitrogen and oxygen atoms in total. The van der Waals surface area contributed by atoms with Gasteiger partial charge in [-0.1, -0.05) is 11.6 Å². The van der Waals surface area contributed by atoms with E-state index in [-0.39, 0.29) is 12.0 Å². The molecule has 1 aliphatic rings. The summed E-state index contributed by atoms with van der Waals surface area (Å²) in [5, 5.41) is 8.87. The third-order valence-electron chi connectivity index (χ3n) is 3.26. The molecule has 6 heteroatoms. The minimum atomic E-state index is 0.178. The number of aryl methyl sites for hydroxylation is 1. The molecule has 2 unspecified atom stereocenters. The van der Waals surface area contributed by atoms with Gasteiger partial charge in [0.15, 0.2) is 5.65 Å². The molecule has 0 amide bonds. The van der Waals surface area contributed by atoms with Crippen molar-refractivity contribution in [2.45, 2.75) is 32.3 Å². The third-order valence-corrected chi connectivity index (χ3v) is 3.46. The monoisotopic (exact) mass is 252 g/mol. The zero-order valence-corrected chi connectivity index (χ0v) is 10.5. The second kappa shape index (κ2) is 3.92. The van der Waals surface area contributed by atoms with Gasteiger partial charge in [-0.25, -0.2) is 4.98 Å². The Bertz CT molecular complexity index is 568. The van der Waals surface area contributed by atoms with Crippen LogP contribution in [0, 0.1) is 6.92 Å². The number of ether oxygens (including phenoxy) is 1. The smallest absolute Gasteiger partial charge is 0.165 e. The number of hydrogen-bond donors (Lipinski definition) is 0. The average molecular weight is 253 g/mol. The van der Waals surface area contributed by atoms with Crippen molar-refractivity contribution in [3.63, 3.8) is 0 Å². The molecule has 0 saturated carbocycles. The third kappa shape index (κ3) is 1.70. The van der Waals surface area contributed by atoms with E-state index < -0.39 is 0 Å². The minimum Gasteiger partial charge on any atom is -0.378 e. The number of nitrogens with zero attached hydrogens (tertiary/aromatic N) is 4. The average Bonchev–Trinajstić information content (AvgIpc) is 2.83. The maximum absolute atomic E-state index is 5.90. The normalized spacial score (nSPS) is 24.6. The Balaban J connectivity index is 2.17. The van der Waals surface area contributed by atoms with Gasteiger partial charge in [-0.3, -0.25) is 4.40 Å². The van der Waals surface area contributed by atoms with Crippen LogP contribution in [-0.4, -0.2) is 32.3 Å². The van der Waals surface area contributed by atoms with Crippen molar-refractivity contribution in [1.82, 2.24) is 19.6 Å². The van der Waals surface area contributed by atoms with Gasteiger partial charge in [-0.05, 0) is 20.3 Å². The first kappa shape index (κ1) is 10.9. The van der Waals surface area contributed by atoms with Crippen LogP contribution in [0.5, 0.6) is 0 Å². The van der Waals surface area contributed by atoms with Crippen LogP contribution >= 0.6 is 11.6 Å². The van der Waals surface area contributed by atoms with E-state index in [1.54, 1.807) is 6.07 Å². The van der Waals surface area contributed by atoms with Crippen LogP contribution in [0.3, 0.4) is 0 Å². The maximum atomic E-state index is 5.90.